The van der Waals surface area contributed by atoms with Gasteiger partial charge in [0, 0.05) is 6.54 Å². The van der Waals surface area contributed by atoms with E-state index in [0.29, 0.717) is 30.2 Å². The fraction of sp³-hybridized carbons (Fsp3) is 0.962. The van der Waals surface area contributed by atoms with Gasteiger partial charge in [0.2, 0.25) is 0 Å². The van der Waals surface area contributed by atoms with E-state index < -0.39 is 5.60 Å². The lowest BCUT2D eigenvalue weighted by molar-refractivity contribution is -0.239. The number of hydrogen-bond donors (Lipinski definition) is 2. The van der Waals surface area contributed by atoms with E-state index in [0.717, 1.165) is 5.75 Å². The number of carbonyl (C=O) groups is 1. The number of amides is 1. The zero-order valence-corrected chi connectivity index (χ0v) is 21.4. The fourth-order valence-corrected chi connectivity index (χ4v) is 9.67. The van der Waals surface area contributed by atoms with Crippen LogP contribution in [0.15, 0.2) is 0 Å². The fourth-order valence-electron chi connectivity index (χ4n) is 8.83. The molecule has 5 fully saturated rings. The molecule has 0 aromatic carbocycles. The highest BCUT2D eigenvalue weighted by Crippen LogP contribution is 2.72. The Bertz CT molecular complexity index is 693. The summed E-state index contributed by atoms with van der Waals surface area (Å²) >= 11 is 1.91. The molecule has 8 atom stereocenters. The van der Waals surface area contributed by atoms with Crippen LogP contribution < -0.4 is 5.32 Å². The molecule has 0 aromatic heterocycles. The first-order valence-corrected chi connectivity index (χ1v) is 14.0. The van der Waals surface area contributed by atoms with Crippen molar-refractivity contribution in [2.45, 2.75) is 97.7 Å². The molecule has 1 spiro atoms. The van der Waals surface area contributed by atoms with E-state index >= 15 is 0 Å². The molecule has 178 valence electrons. The van der Waals surface area contributed by atoms with Crippen molar-refractivity contribution in [3.63, 3.8) is 0 Å². The first-order chi connectivity index (χ1) is 14.5. The number of rotatable bonds is 4. The molecule has 5 aliphatic rings. The predicted molar refractivity (Wildman–Crippen MR) is 128 cm³/mol. The number of aliphatic hydroxyl groups excluding tert-OH is 1. The van der Waals surface area contributed by atoms with Crippen molar-refractivity contribution < 1.29 is 14.6 Å². The normalized spacial score (nSPS) is 46.7. The van der Waals surface area contributed by atoms with Gasteiger partial charge in [0.15, 0.2) is 0 Å². The van der Waals surface area contributed by atoms with E-state index in [1.165, 1.54) is 51.4 Å². The maximum Gasteiger partial charge on any atom is 0.407 e. The SMILES string of the molecule is CSC[C@H]1[C@@H]2CC[C@@]3(CC[C@@H]4[C@](C)(CNC(=O)OC(C)(C)C)CCC[C@@]4(C)[C@@H]3C2)[C@@H]1O. The lowest BCUT2D eigenvalue weighted by Gasteiger charge is -2.70. The van der Waals surface area contributed by atoms with Crippen LogP contribution in [0.4, 0.5) is 4.79 Å². The van der Waals surface area contributed by atoms with Gasteiger partial charge in [0.05, 0.1) is 6.10 Å². The lowest BCUT2D eigenvalue weighted by Crippen LogP contribution is -2.67. The third-order valence-electron chi connectivity index (χ3n) is 10.0. The van der Waals surface area contributed by atoms with Gasteiger partial charge in [-0.3, -0.25) is 0 Å². The lowest BCUT2D eigenvalue weighted by atomic mass is 9.35. The van der Waals surface area contributed by atoms with Crippen molar-refractivity contribution in [2.24, 2.45) is 39.9 Å². The Kier molecular flexibility index (Phi) is 6.21. The van der Waals surface area contributed by atoms with Crippen LogP contribution >= 0.6 is 11.8 Å². The van der Waals surface area contributed by atoms with Crippen LogP contribution in [-0.2, 0) is 4.74 Å². The van der Waals surface area contributed by atoms with Crippen molar-refractivity contribution in [3.05, 3.63) is 0 Å². The van der Waals surface area contributed by atoms with Gasteiger partial charge in [-0.05, 0) is 118 Å². The molecule has 0 heterocycles. The number of fused-ring (bicyclic) bond motifs is 3. The maximum atomic E-state index is 12.4. The topological polar surface area (TPSA) is 58.6 Å². The van der Waals surface area contributed by atoms with E-state index in [9.17, 15) is 9.90 Å². The molecule has 4 nitrogen and oxygen atoms in total. The van der Waals surface area contributed by atoms with Gasteiger partial charge in [0.25, 0.3) is 0 Å². The molecule has 2 bridgehead atoms. The zero-order chi connectivity index (χ0) is 22.7. The summed E-state index contributed by atoms with van der Waals surface area (Å²) in [5.41, 5.74) is 0.0436. The molecule has 0 saturated heterocycles. The van der Waals surface area contributed by atoms with Gasteiger partial charge in [-0.1, -0.05) is 20.3 Å². The van der Waals surface area contributed by atoms with E-state index in [-0.39, 0.29) is 28.4 Å². The minimum Gasteiger partial charge on any atom is -0.444 e. The Hall–Kier alpha value is -0.420. The molecule has 0 unspecified atom stereocenters. The second-order valence-corrected chi connectivity index (χ2v) is 13.8. The van der Waals surface area contributed by atoms with Gasteiger partial charge >= 0.3 is 6.09 Å². The summed E-state index contributed by atoms with van der Waals surface area (Å²) in [5.74, 6) is 3.52. The van der Waals surface area contributed by atoms with E-state index in [1.54, 1.807) is 0 Å². The molecule has 5 rings (SSSR count). The highest BCUT2D eigenvalue weighted by molar-refractivity contribution is 7.98. The van der Waals surface area contributed by atoms with E-state index in [1.807, 2.05) is 32.5 Å². The molecule has 2 N–H and O–H groups in total. The molecule has 0 aliphatic heterocycles. The summed E-state index contributed by atoms with van der Waals surface area (Å²) in [6.07, 6.45) is 11.6. The number of nitrogens with one attached hydrogen (secondary N) is 1. The predicted octanol–water partition coefficient (Wildman–Crippen LogP) is 5.87. The van der Waals surface area contributed by atoms with Crippen molar-refractivity contribution in [2.75, 3.05) is 18.6 Å². The Balaban J connectivity index is 1.54. The largest absolute Gasteiger partial charge is 0.444 e. The molecular formula is C26H45NO3S. The molecule has 5 aliphatic carbocycles. The van der Waals surface area contributed by atoms with Crippen LogP contribution in [0.1, 0.15) is 86.0 Å². The van der Waals surface area contributed by atoms with Gasteiger partial charge in [0.1, 0.15) is 5.60 Å². The molecule has 0 aromatic rings. The summed E-state index contributed by atoms with van der Waals surface area (Å²) in [6, 6.07) is 0. The summed E-state index contributed by atoms with van der Waals surface area (Å²) in [7, 11) is 0. The molecule has 31 heavy (non-hydrogen) atoms. The van der Waals surface area contributed by atoms with Gasteiger partial charge < -0.3 is 15.2 Å². The smallest absolute Gasteiger partial charge is 0.407 e. The third kappa shape index (κ3) is 3.94. The third-order valence-corrected chi connectivity index (χ3v) is 10.7. The Labute approximate surface area is 194 Å². The van der Waals surface area contributed by atoms with Gasteiger partial charge in [-0.2, -0.15) is 11.8 Å². The number of ether oxygens (including phenoxy) is 1. The van der Waals surface area contributed by atoms with Crippen LogP contribution in [0.5, 0.6) is 0 Å². The highest BCUT2D eigenvalue weighted by atomic mass is 32.2. The molecule has 0 radical (unpaired) electrons. The maximum absolute atomic E-state index is 12.4. The van der Waals surface area contributed by atoms with Crippen LogP contribution in [-0.4, -0.2) is 41.5 Å². The van der Waals surface area contributed by atoms with Crippen molar-refractivity contribution in [1.29, 1.82) is 0 Å². The second kappa shape index (κ2) is 8.11. The molecule has 5 heteroatoms. The standard InChI is InChI=1S/C26H45NO3S/c1-23(2,3)30-22(29)27-16-24(4)10-7-11-25(5)19(24)9-13-26-12-8-17(14-20(25)26)18(15-31-6)21(26)28/h17-21,28H,7-16H2,1-6H3,(H,27,29)/t17-,18+,19-,20+,21-,24+,25-,26+/m1/s1. The van der Waals surface area contributed by atoms with Gasteiger partial charge in [-0.25, -0.2) is 4.79 Å². The number of carbonyl (C=O) groups excluding carboxylic acids is 1. The highest BCUT2D eigenvalue weighted by Gasteiger charge is 2.67. The number of aliphatic hydroxyl groups is 1. The average molecular weight is 452 g/mol. The minimum absolute atomic E-state index is 0.103. The number of hydrogen-bond acceptors (Lipinski definition) is 4. The second-order valence-electron chi connectivity index (χ2n) is 12.8. The quantitative estimate of drug-likeness (QED) is 0.561. The summed E-state index contributed by atoms with van der Waals surface area (Å²) < 4.78 is 5.52. The summed E-state index contributed by atoms with van der Waals surface area (Å²) in [5, 5.41) is 14.7. The van der Waals surface area contributed by atoms with E-state index in [2.05, 4.69) is 25.4 Å². The summed E-state index contributed by atoms with van der Waals surface area (Å²) in [6.45, 7) is 11.4. The van der Waals surface area contributed by atoms with Gasteiger partial charge in [-0.15, -0.1) is 0 Å². The van der Waals surface area contributed by atoms with Crippen molar-refractivity contribution >= 4 is 17.9 Å². The first kappa shape index (κ1) is 23.7. The Morgan fingerprint density at radius 3 is 2.52 bits per heavy atom. The van der Waals surface area contributed by atoms with Crippen LogP contribution in [0, 0.1) is 39.9 Å². The molecule has 5 saturated carbocycles. The monoisotopic (exact) mass is 451 g/mol. The zero-order valence-electron chi connectivity index (χ0n) is 20.6. The van der Waals surface area contributed by atoms with Crippen LogP contribution in [0.3, 0.4) is 0 Å². The Morgan fingerprint density at radius 1 is 1.13 bits per heavy atom. The first-order valence-electron chi connectivity index (χ1n) is 12.6. The van der Waals surface area contributed by atoms with Crippen molar-refractivity contribution in [1.82, 2.24) is 5.32 Å². The average Bonchev–Trinajstić information content (AvgIpc) is 2.68. The van der Waals surface area contributed by atoms with Crippen molar-refractivity contribution in [3.8, 4) is 0 Å². The Morgan fingerprint density at radius 2 is 1.84 bits per heavy atom. The van der Waals surface area contributed by atoms with E-state index in [4.69, 9.17) is 4.74 Å². The van der Waals surface area contributed by atoms with Crippen LogP contribution in [0.2, 0.25) is 0 Å². The molecule has 1 amide bonds. The number of alkyl carbamates (subject to hydrolysis) is 1. The molecular weight excluding hydrogens is 406 g/mol. The number of thioether (sulfide) groups is 1. The summed E-state index contributed by atoms with van der Waals surface area (Å²) in [4.78, 5) is 12.4. The minimum atomic E-state index is -0.464. The van der Waals surface area contributed by atoms with Crippen LogP contribution in [0.25, 0.3) is 0 Å².